The Balaban J connectivity index is 1.22. The molecule has 0 aliphatic carbocycles. The molecule has 1 atom stereocenters. The van der Waals surface area contributed by atoms with Gasteiger partial charge in [-0.2, -0.15) is 5.10 Å². The summed E-state index contributed by atoms with van der Waals surface area (Å²) < 4.78 is 7.38. The van der Waals surface area contributed by atoms with Crippen molar-refractivity contribution >= 4 is 44.5 Å². The highest BCUT2D eigenvalue weighted by atomic mass is 33.1. The molecule has 0 bridgehead atoms. The maximum absolute atomic E-state index is 12.8. The van der Waals surface area contributed by atoms with E-state index in [2.05, 4.69) is 17.2 Å². The van der Waals surface area contributed by atoms with Gasteiger partial charge in [0, 0.05) is 35.5 Å². The highest BCUT2D eigenvalue weighted by Gasteiger charge is 2.26. The predicted octanol–water partition coefficient (Wildman–Crippen LogP) is 6.01. The fraction of sp³-hybridized carbons (Fsp3) is 0.250. The molecule has 1 aliphatic heterocycles. The number of amides is 2. The maximum atomic E-state index is 12.8. The van der Waals surface area contributed by atoms with Crippen LogP contribution in [-0.2, 0) is 11.3 Å². The number of benzene rings is 3. The number of carbonyl (C=O) groups excluding carboxylic acids is 2. The summed E-state index contributed by atoms with van der Waals surface area (Å²) in [6.07, 6.45) is 5.62. The van der Waals surface area contributed by atoms with Crippen LogP contribution in [-0.4, -0.2) is 46.0 Å². The molecule has 4 aromatic rings. The third-order valence-electron chi connectivity index (χ3n) is 6.58. The molecule has 2 heterocycles. The standard InChI is InChI=1S/C28H28N4O3S2/c1-36-37-24-13-7-19(8-14-24)18-35-28(34)31-15-3-5-21(16-31)20-9-11-23(12-10-20)32-17-22-4-2-6-25(27(29)33)26(22)30-32/h2,4,6-14,17,21H,3,5,15-16,18H2,1H3,(H2,29,33)/t21-/m1/s1. The fourth-order valence-corrected chi connectivity index (χ4v) is 6.02. The summed E-state index contributed by atoms with van der Waals surface area (Å²) in [5.41, 5.74) is 9.56. The number of nitrogens with two attached hydrogens (primary N) is 1. The summed E-state index contributed by atoms with van der Waals surface area (Å²) in [4.78, 5) is 27.5. The Labute approximate surface area is 223 Å². The largest absolute Gasteiger partial charge is 0.445 e. The van der Waals surface area contributed by atoms with Crippen LogP contribution in [0, 0.1) is 0 Å². The van der Waals surface area contributed by atoms with E-state index in [0.717, 1.165) is 29.5 Å². The van der Waals surface area contributed by atoms with Crippen LogP contribution in [0.15, 0.2) is 77.8 Å². The molecule has 1 fully saturated rings. The third-order valence-corrected chi connectivity index (χ3v) is 8.28. The molecular formula is C28H28N4O3S2. The van der Waals surface area contributed by atoms with E-state index in [0.29, 0.717) is 24.2 Å². The maximum Gasteiger partial charge on any atom is 0.410 e. The van der Waals surface area contributed by atoms with Crippen LogP contribution >= 0.6 is 21.6 Å². The quantitative estimate of drug-likeness (QED) is 0.293. The van der Waals surface area contributed by atoms with Gasteiger partial charge in [0.1, 0.15) is 12.1 Å². The third kappa shape index (κ3) is 5.78. The van der Waals surface area contributed by atoms with Crippen molar-refractivity contribution in [2.45, 2.75) is 30.3 Å². The highest BCUT2D eigenvalue weighted by molar-refractivity contribution is 8.76. The molecule has 0 radical (unpaired) electrons. The van der Waals surface area contributed by atoms with E-state index in [-0.39, 0.29) is 18.6 Å². The lowest BCUT2D eigenvalue weighted by Gasteiger charge is -2.32. The van der Waals surface area contributed by atoms with Gasteiger partial charge in [-0.3, -0.25) is 4.79 Å². The lowest BCUT2D eigenvalue weighted by Crippen LogP contribution is -2.39. The second-order valence-corrected chi connectivity index (χ2v) is 11.5. The highest BCUT2D eigenvalue weighted by Crippen LogP contribution is 2.30. The minimum Gasteiger partial charge on any atom is -0.445 e. The Morgan fingerprint density at radius 1 is 1.08 bits per heavy atom. The topological polar surface area (TPSA) is 90.5 Å². The van der Waals surface area contributed by atoms with Crippen molar-refractivity contribution in [1.29, 1.82) is 0 Å². The van der Waals surface area contributed by atoms with E-state index in [9.17, 15) is 9.59 Å². The fourth-order valence-electron chi connectivity index (χ4n) is 4.66. The lowest BCUT2D eigenvalue weighted by molar-refractivity contribution is 0.0858. The number of primary amides is 1. The SMILES string of the molecule is CSSc1ccc(COC(=O)N2CCC[C@@H](c3ccc(-n4cc5cccc(C(N)=O)c5n4)cc3)C2)cc1. The molecule has 1 aliphatic rings. The Hall–Kier alpha value is -3.43. The van der Waals surface area contributed by atoms with Crippen molar-refractivity contribution < 1.29 is 14.3 Å². The van der Waals surface area contributed by atoms with Gasteiger partial charge in [0.05, 0.1) is 11.3 Å². The summed E-state index contributed by atoms with van der Waals surface area (Å²) in [6, 6.07) is 21.7. The first-order valence-corrected chi connectivity index (χ1v) is 14.7. The van der Waals surface area contributed by atoms with Gasteiger partial charge in [-0.15, -0.1) is 0 Å². The summed E-state index contributed by atoms with van der Waals surface area (Å²) in [5, 5.41) is 5.44. The van der Waals surface area contributed by atoms with E-state index in [1.165, 1.54) is 10.5 Å². The van der Waals surface area contributed by atoms with Gasteiger partial charge in [-0.25, -0.2) is 9.48 Å². The number of piperidine rings is 1. The number of likely N-dealkylation sites (tertiary alicyclic amines) is 1. The summed E-state index contributed by atoms with van der Waals surface area (Å²) in [6.45, 7) is 1.61. The molecule has 37 heavy (non-hydrogen) atoms. The molecule has 0 unspecified atom stereocenters. The number of ether oxygens (including phenoxy) is 1. The smallest absolute Gasteiger partial charge is 0.410 e. The molecule has 190 valence electrons. The molecule has 9 heteroatoms. The molecule has 0 spiro atoms. The Kier molecular flexibility index (Phi) is 7.71. The molecule has 1 saturated heterocycles. The summed E-state index contributed by atoms with van der Waals surface area (Å²) >= 11 is 0. The summed E-state index contributed by atoms with van der Waals surface area (Å²) in [7, 11) is 3.41. The van der Waals surface area contributed by atoms with Crippen molar-refractivity contribution in [3.8, 4) is 5.69 Å². The van der Waals surface area contributed by atoms with Crippen molar-refractivity contribution in [3.63, 3.8) is 0 Å². The molecule has 2 N–H and O–H groups in total. The van der Waals surface area contributed by atoms with E-state index in [4.69, 9.17) is 10.5 Å². The van der Waals surface area contributed by atoms with Crippen LogP contribution < -0.4 is 5.73 Å². The minimum absolute atomic E-state index is 0.247. The van der Waals surface area contributed by atoms with Gasteiger partial charge >= 0.3 is 6.09 Å². The molecule has 2 amide bonds. The lowest BCUT2D eigenvalue weighted by atomic mass is 9.91. The first-order chi connectivity index (χ1) is 18.0. The molecule has 1 aromatic heterocycles. The van der Waals surface area contributed by atoms with Crippen LogP contribution in [0.4, 0.5) is 4.79 Å². The van der Waals surface area contributed by atoms with Crippen LogP contribution in [0.25, 0.3) is 16.6 Å². The number of hydrogen-bond acceptors (Lipinski definition) is 6. The Bertz CT molecular complexity index is 1400. The van der Waals surface area contributed by atoms with Gasteiger partial charge in [0.2, 0.25) is 0 Å². The Morgan fingerprint density at radius 3 is 2.59 bits per heavy atom. The Morgan fingerprint density at radius 2 is 1.86 bits per heavy atom. The minimum atomic E-state index is -0.491. The van der Waals surface area contributed by atoms with Crippen molar-refractivity contribution in [2.75, 3.05) is 19.3 Å². The van der Waals surface area contributed by atoms with E-state index in [1.54, 1.807) is 38.4 Å². The first-order valence-electron chi connectivity index (χ1n) is 12.1. The van der Waals surface area contributed by atoms with Gasteiger partial charge in [0.15, 0.2) is 0 Å². The van der Waals surface area contributed by atoms with Crippen molar-refractivity contribution in [3.05, 3.63) is 89.6 Å². The number of rotatable bonds is 7. The molecule has 0 saturated carbocycles. The summed E-state index contributed by atoms with van der Waals surface area (Å²) in [5.74, 6) is -0.244. The monoisotopic (exact) mass is 532 g/mol. The zero-order chi connectivity index (χ0) is 25.8. The molecular weight excluding hydrogens is 504 g/mol. The second-order valence-electron chi connectivity index (χ2n) is 9.01. The van der Waals surface area contributed by atoms with Gasteiger partial charge in [0.25, 0.3) is 5.91 Å². The average Bonchev–Trinajstić information content (AvgIpc) is 3.37. The molecule has 5 rings (SSSR count). The zero-order valence-corrected chi connectivity index (χ0v) is 22.1. The number of fused-ring (bicyclic) bond motifs is 1. The van der Waals surface area contributed by atoms with Crippen molar-refractivity contribution in [1.82, 2.24) is 14.7 Å². The number of carbonyl (C=O) groups is 2. The average molecular weight is 533 g/mol. The van der Waals surface area contributed by atoms with Crippen LogP contribution in [0.3, 0.4) is 0 Å². The van der Waals surface area contributed by atoms with Crippen LogP contribution in [0.1, 0.15) is 40.2 Å². The zero-order valence-electron chi connectivity index (χ0n) is 20.5. The number of nitrogens with zero attached hydrogens (tertiary/aromatic N) is 3. The van der Waals surface area contributed by atoms with E-state index >= 15 is 0 Å². The number of aromatic nitrogens is 2. The number of hydrogen-bond donors (Lipinski definition) is 1. The second kappa shape index (κ2) is 11.3. The van der Waals surface area contributed by atoms with Gasteiger partial charge in [-0.05, 0) is 60.6 Å². The molecule has 7 nitrogen and oxygen atoms in total. The van der Waals surface area contributed by atoms with E-state index in [1.807, 2.05) is 59.8 Å². The van der Waals surface area contributed by atoms with Gasteiger partial charge < -0.3 is 15.4 Å². The van der Waals surface area contributed by atoms with Crippen LogP contribution in [0.5, 0.6) is 0 Å². The van der Waals surface area contributed by atoms with Crippen LogP contribution in [0.2, 0.25) is 0 Å². The molecule has 3 aromatic carbocycles. The van der Waals surface area contributed by atoms with Gasteiger partial charge in [-0.1, -0.05) is 58.0 Å². The van der Waals surface area contributed by atoms with Crippen molar-refractivity contribution in [2.24, 2.45) is 5.73 Å². The van der Waals surface area contributed by atoms with E-state index < -0.39 is 5.91 Å². The predicted molar refractivity (Wildman–Crippen MR) is 149 cm³/mol. The normalized spacial score (nSPS) is 15.6. The first kappa shape index (κ1) is 25.2.